The predicted octanol–water partition coefficient (Wildman–Crippen LogP) is 6.72. The summed E-state index contributed by atoms with van der Waals surface area (Å²) >= 11 is 0. The molecule has 3 aliphatic rings. The number of piperidine rings is 1. The Bertz CT molecular complexity index is 1650. The van der Waals surface area contributed by atoms with Crippen molar-refractivity contribution in [2.75, 3.05) is 4.90 Å². The van der Waals surface area contributed by atoms with Crippen LogP contribution in [0.1, 0.15) is 71.8 Å². The van der Waals surface area contributed by atoms with Gasteiger partial charge in [-0.1, -0.05) is 17.3 Å². The molecule has 12 heteroatoms. The van der Waals surface area contributed by atoms with E-state index in [0.29, 0.717) is 28.2 Å². The second kappa shape index (κ2) is 10.0. The molecule has 42 heavy (non-hydrogen) atoms. The number of pyridine rings is 1. The molecular formula is C30H29F3N4O5. The highest BCUT2D eigenvalue weighted by Gasteiger charge is 2.43. The van der Waals surface area contributed by atoms with E-state index in [1.165, 1.54) is 12.1 Å². The van der Waals surface area contributed by atoms with Crippen molar-refractivity contribution in [1.29, 1.82) is 0 Å². The summed E-state index contributed by atoms with van der Waals surface area (Å²) in [5, 5.41) is 14.7. The number of ether oxygens (including phenoxy) is 2. The SMILES string of the molecule is Cc1nc(N2C3CCC2CC(OCc2c(-c4ccccc4OC(F)(F)F)noc2C2CC2)C3)c2cc[nH]c2c1C(=O)O. The summed E-state index contributed by atoms with van der Waals surface area (Å²) in [4.78, 5) is 22.0. The van der Waals surface area contributed by atoms with Gasteiger partial charge >= 0.3 is 12.3 Å². The van der Waals surface area contributed by atoms with E-state index >= 15 is 0 Å². The summed E-state index contributed by atoms with van der Waals surface area (Å²) < 4.78 is 55.8. The molecule has 2 unspecified atom stereocenters. The number of anilines is 1. The molecule has 1 aromatic carbocycles. The lowest BCUT2D eigenvalue weighted by Crippen LogP contribution is -2.46. The van der Waals surface area contributed by atoms with Crippen molar-refractivity contribution in [3.05, 3.63) is 59.1 Å². The maximum Gasteiger partial charge on any atom is 0.573 e. The van der Waals surface area contributed by atoms with Crippen LogP contribution in [0.4, 0.5) is 19.0 Å². The molecule has 1 saturated carbocycles. The Balaban J connectivity index is 1.13. The van der Waals surface area contributed by atoms with E-state index in [-0.39, 0.29) is 47.6 Å². The number of rotatable bonds is 8. The molecule has 220 valence electrons. The number of benzene rings is 1. The average molecular weight is 583 g/mol. The van der Waals surface area contributed by atoms with E-state index in [2.05, 4.69) is 19.8 Å². The van der Waals surface area contributed by atoms with Crippen molar-refractivity contribution in [3.8, 4) is 17.0 Å². The number of aryl methyl sites for hydroxylation is 1. The molecule has 4 aromatic rings. The van der Waals surface area contributed by atoms with Gasteiger partial charge in [-0.05, 0) is 63.6 Å². The summed E-state index contributed by atoms with van der Waals surface area (Å²) in [5.41, 5.74) is 2.41. The number of para-hydroxylation sites is 1. The van der Waals surface area contributed by atoms with E-state index in [1.54, 1.807) is 25.3 Å². The molecule has 0 radical (unpaired) electrons. The first-order valence-electron chi connectivity index (χ1n) is 14.1. The number of hydrogen-bond acceptors (Lipinski definition) is 7. The fourth-order valence-electron chi connectivity index (χ4n) is 6.70. The maximum absolute atomic E-state index is 13.1. The van der Waals surface area contributed by atoms with Crippen LogP contribution < -0.4 is 9.64 Å². The van der Waals surface area contributed by atoms with Crippen LogP contribution >= 0.6 is 0 Å². The molecule has 0 amide bonds. The van der Waals surface area contributed by atoms with Crippen LogP contribution in [0.25, 0.3) is 22.2 Å². The van der Waals surface area contributed by atoms with Crippen LogP contribution in [0.3, 0.4) is 0 Å². The van der Waals surface area contributed by atoms with Gasteiger partial charge in [0.2, 0.25) is 0 Å². The van der Waals surface area contributed by atoms with Gasteiger partial charge in [-0.3, -0.25) is 0 Å². The third-order valence-electron chi connectivity index (χ3n) is 8.62. The third-order valence-corrected chi connectivity index (χ3v) is 8.62. The van der Waals surface area contributed by atoms with Crippen LogP contribution in [0, 0.1) is 6.92 Å². The van der Waals surface area contributed by atoms with Gasteiger partial charge in [0, 0.05) is 40.7 Å². The molecule has 0 spiro atoms. The molecule has 2 aliphatic heterocycles. The number of nitrogens with zero attached hydrogens (tertiary/aromatic N) is 3. The Hall–Kier alpha value is -4.06. The van der Waals surface area contributed by atoms with Crippen LogP contribution in [0.15, 0.2) is 41.1 Å². The number of carbonyl (C=O) groups is 1. The monoisotopic (exact) mass is 582 g/mol. The van der Waals surface area contributed by atoms with E-state index in [9.17, 15) is 23.1 Å². The first-order chi connectivity index (χ1) is 20.2. The van der Waals surface area contributed by atoms with E-state index in [1.807, 2.05) is 6.07 Å². The number of hydrogen-bond donors (Lipinski definition) is 2. The molecule has 2 saturated heterocycles. The van der Waals surface area contributed by atoms with Gasteiger partial charge in [0.15, 0.2) is 0 Å². The van der Waals surface area contributed by atoms with Crippen molar-refractivity contribution in [2.45, 2.75) is 82.5 Å². The number of aromatic amines is 1. The zero-order valence-corrected chi connectivity index (χ0v) is 22.8. The number of H-pyrrole nitrogens is 1. The molecule has 2 atom stereocenters. The van der Waals surface area contributed by atoms with Crippen molar-refractivity contribution >= 4 is 22.7 Å². The van der Waals surface area contributed by atoms with Crippen LogP contribution in [0.5, 0.6) is 5.75 Å². The highest BCUT2D eigenvalue weighted by molar-refractivity contribution is 6.06. The normalized spacial score (nSPS) is 22.2. The second-order valence-electron chi connectivity index (χ2n) is 11.4. The Kier molecular flexibility index (Phi) is 6.41. The molecule has 9 nitrogen and oxygen atoms in total. The number of aromatic nitrogens is 3. The van der Waals surface area contributed by atoms with Crippen molar-refractivity contribution in [3.63, 3.8) is 0 Å². The van der Waals surface area contributed by atoms with Crippen molar-refractivity contribution in [2.24, 2.45) is 0 Å². The Morgan fingerprint density at radius 2 is 1.88 bits per heavy atom. The van der Waals surface area contributed by atoms with Gasteiger partial charge in [-0.2, -0.15) is 0 Å². The first-order valence-corrected chi connectivity index (χ1v) is 14.1. The lowest BCUT2D eigenvalue weighted by atomic mass is 9.98. The van der Waals surface area contributed by atoms with E-state index in [4.69, 9.17) is 14.2 Å². The van der Waals surface area contributed by atoms with Gasteiger partial charge in [-0.15, -0.1) is 13.2 Å². The fraction of sp³-hybridized carbons (Fsp3) is 0.433. The van der Waals surface area contributed by atoms with E-state index < -0.39 is 12.3 Å². The van der Waals surface area contributed by atoms with Gasteiger partial charge in [0.25, 0.3) is 0 Å². The van der Waals surface area contributed by atoms with Crippen LogP contribution in [-0.2, 0) is 11.3 Å². The number of alkyl halides is 3. The summed E-state index contributed by atoms with van der Waals surface area (Å²) in [6, 6.07) is 8.15. The van der Waals surface area contributed by atoms with Gasteiger partial charge < -0.3 is 29.0 Å². The lowest BCUT2D eigenvalue weighted by molar-refractivity contribution is -0.274. The minimum atomic E-state index is -4.84. The Morgan fingerprint density at radius 3 is 2.57 bits per heavy atom. The zero-order chi connectivity index (χ0) is 29.2. The Labute approximate surface area is 238 Å². The minimum Gasteiger partial charge on any atom is -0.478 e. The quantitative estimate of drug-likeness (QED) is 0.236. The summed E-state index contributed by atoms with van der Waals surface area (Å²) in [6.45, 7) is 1.89. The number of carboxylic acids is 1. The van der Waals surface area contributed by atoms with Crippen LogP contribution in [-0.4, -0.2) is 50.8 Å². The summed E-state index contributed by atoms with van der Waals surface area (Å²) in [6.07, 6.45) is 2.13. The highest BCUT2D eigenvalue weighted by Crippen LogP contribution is 2.47. The highest BCUT2D eigenvalue weighted by atomic mass is 19.4. The molecule has 7 rings (SSSR count). The topological polar surface area (TPSA) is 114 Å². The standard InChI is InChI=1S/C30H29F3N4O5/c1-15-24(29(38)39)26-21(10-11-34-26)28(35-15)37-17-8-9-18(37)13-19(12-17)40-14-22-25(36-42-27(22)16-6-7-16)20-4-2-3-5-23(20)41-30(31,32)33/h2-5,10-11,16-19,34H,6-9,12-14H2,1H3,(H,38,39). The smallest absolute Gasteiger partial charge is 0.478 e. The predicted molar refractivity (Wildman–Crippen MR) is 145 cm³/mol. The minimum absolute atomic E-state index is 0.0728. The van der Waals surface area contributed by atoms with Crippen LogP contribution in [0.2, 0.25) is 0 Å². The molecule has 5 heterocycles. The number of aromatic carboxylic acids is 1. The van der Waals surface area contributed by atoms with Crippen molar-refractivity contribution < 1.29 is 37.1 Å². The fourth-order valence-corrected chi connectivity index (χ4v) is 6.70. The summed E-state index contributed by atoms with van der Waals surface area (Å²) in [5.74, 6) is 0.297. The van der Waals surface area contributed by atoms with E-state index in [0.717, 1.165) is 49.7 Å². The number of fused-ring (bicyclic) bond motifs is 3. The first kappa shape index (κ1) is 26.8. The van der Waals surface area contributed by atoms with Gasteiger partial charge in [0.05, 0.1) is 23.9 Å². The number of carboxylic acid groups (broad SMARTS) is 1. The van der Waals surface area contributed by atoms with Gasteiger partial charge in [-0.25, -0.2) is 9.78 Å². The second-order valence-corrected chi connectivity index (χ2v) is 11.4. The number of halogens is 3. The number of nitrogens with one attached hydrogen (secondary N) is 1. The lowest BCUT2D eigenvalue weighted by Gasteiger charge is -2.40. The average Bonchev–Trinajstić information content (AvgIpc) is 3.40. The molecular weight excluding hydrogens is 553 g/mol. The third kappa shape index (κ3) is 4.77. The molecule has 3 aromatic heterocycles. The van der Waals surface area contributed by atoms with Gasteiger partial charge in [0.1, 0.15) is 28.6 Å². The molecule has 1 aliphatic carbocycles. The van der Waals surface area contributed by atoms with Crippen molar-refractivity contribution in [1.82, 2.24) is 15.1 Å². The zero-order valence-electron chi connectivity index (χ0n) is 22.8. The molecule has 3 fully saturated rings. The Morgan fingerprint density at radius 1 is 1.14 bits per heavy atom. The molecule has 2 N–H and O–H groups in total. The maximum atomic E-state index is 13.1. The molecule has 2 bridgehead atoms. The summed E-state index contributed by atoms with van der Waals surface area (Å²) in [7, 11) is 0. The largest absolute Gasteiger partial charge is 0.573 e.